The van der Waals surface area contributed by atoms with E-state index < -0.39 is 10.0 Å². The van der Waals surface area contributed by atoms with Crippen LogP contribution >= 0.6 is 11.6 Å². The third-order valence-electron chi connectivity index (χ3n) is 2.87. The Morgan fingerprint density at radius 2 is 2.00 bits per heavy atom. The number of nitrogens with one attached hydrogen (secondary N) is 1. The summed E-state index contributed by atoms with van der Waals surface area (Å²) in [4.78, 5) is 0. The molecule has 0 radical (unpaired) electrons. The molecule has 0 unspecified atom stereocenters. The van der Waals surface area contributed by atoms with E-state index in [1.54, 1.807) is 0 Å². The smallest absolute Gasteiger partial charge is 0.211 e. The van der Waals surface area contributed by atoms with Gasteiger partial charge in [0, 0.05) is 11.6 Å². The molecule has 1 rings (SSSR count). The molecule has 0 fully saturated rings. The van der Waals surface area contributed by atoms with Crippen LogP contribution in [-0.4, -0.2) is 20.7 Å². The fourth-order valence-electron chi connectivity index (χ4n) is 1.78. The first-order chi connectivity index (χ1) is 9.03. The molecule has 0 aliphatic heterocycles. The monoisotopic (exact) mass is 303 g/mol. The molecule has 1 aromatic carbocycles. The Balaban J connectivity index is 2.18. The minimum atomic E-state index is -3.07. The lowest BCUT2D eigenvalue weighted by atomic mass is 10.1. The van der Waals surface area contributed by atoms with Gasteiger partial charge in [0.25, 0.3) is 0 Å². The second kappa shape index (κ2) is 8.56. The number of benzene rings is 1. The number of halogens is 1. The van der Waals surface area contributed by atoms with Crippen molar-refractivity contribution in [1.82, 2.24) is 4.72 Å². The van der Waals surface area contributed by atoms with Crippen molar-refractivity contribution in [3.8, 4) is 0 Å². The second-order valence-electron chi connectivity index (χ2n) is 4.65. The van der Waals surface area contributed by atoms with Crippen LogP contribution < -0.4 is 4.72 Å². The molecule has 0 saturated heterocycles. The SMILES string of the molecule is CCCCS(=O)(=O)NCCCCc1cccc(Cl)c1. The Morgan fingerprint density at radius 3 is 2.68 bits per heavy atom. The van der Waals surface area contributed by atoms with Crippen LogP contribution in [0, 0.1) is 0 Å². The summed E-state index contributed by atoms with van der Waals surface area (Å²) in [5.74, 6) is 0.234. The Bertz CT molecular complexity index is 474. The zero-order valence-electron chi connectivity index (χ0n) is 11.4. The topological polar surface area (TPSA) is 46.2 Å². The van der Waals surface area contributed by atoms with Gasteiger partial charge in [-0.25, -0.2) is 13.1 Å². The van der Waals surface area contributed by atoms with Gasteiger partial charge < -0.3 is 0 Å². The highest BCUT2D eigenvalue weighted by molar-refractivity contribution is 7.89. The van der Waals surface area contributed by atoms with E-state index in [0.717, 1.165) is 37.1 Å². The predicted octanol–water partition coefficient (Wildman–Crippen LogP) is 3.38. The fourth-order valence-corrected chi connectivity index (χ4v) is 3.26. The van der Waals surface area contributed by atoms with Gasteiger partial charge in [-0.3, -0.25) is 0 Å². The number of unbranched alkanes of at least 4 members (excludes halogenated alkanes) is 2. The number of hydrogen-bond donors (Lipinski definition) is 1. The van der Waals surface area contributed by atoms with Gasteiger partial charge in [-0.05, 0) is 43.4 Å². The van der Waals surface area contributed by atoms with Crippen LogP contribution in [-0.2, 0) is 16.4 Å². The Morgan fingerprint density at radius 1 is 1.21 bits per heavy atom. The van der Waals surface area contributed by atoms with Gasteiger partial charge in [-0.1, -0.05) is 37.1 Å². The lowest BCUT2D eigenvalue weighted by molar-refractivity contribution is 0.573. The lowest BCUT2D eigenvalue weighted by Crippen LogP contribution is -2.27. The van der Waals surface area contributed by atoms with Crippen molar-refractivity contribution in [3.63, 3.8) is 0 Å². The summed E-state index contributed by atoms with van der Waals surface area (Å²) in [5.41, 5.74) is 1.20. The fraction of sp³-hybridized carbons (Fsp3) is 0.571. The van der Waals surface area contributed by atoms with Gasteiger partial charge in [-0.2, -0.15) is 0 Å². The van der Waals surface area contributed by atoms with Gasteiger partial charge in [0.15, 0.2) is 0 Å². The van der Waals surface area contributed by atoms with Crippen molar-refractivity contribution in [1.29, 1.82) is 0 Å². The Kier molecular flexibility index (Phi) is 7.42. The van der Waals surface area contributed by atoms with Crippen LogP contribution in [0.25, 0.3) is 0 Å². The highest BCUT2D eigenvalue weighted by Gasteiger charge is 2.07. The predicted molar refractivity (Wildman–Crippen MR) is 81.1 cm³/mol. The molecule has 0 amide bonds. The highest BCUT2D eigenvalue weighted by Crippen LogP contribution is 2.12. The van der Waals surface area contributed by atoms with Gasteiger partial charge in [0.05, 0.1) is 5.75 Å². The molecule has 5 heteroatoms. The van der Waals surface area contributed by atoms with Crippen LogP contribution in [0.1, 0.15) is 38.2 Å². The van der Waals surface area contributed by atoms with E-state index in [1.165, 1.54) is 5.56 Å². The summed E-state index contributed by atoms with van der Waals surface area (Å²) in [5, 5.41) is 0.748. The second-order valence-corrected chi connectivity index (χ2v) is 7.02. The zero-order valence-corrected chi connectivity index (χ0v) is 12.9. The van der Waals surface area contributed by atoms with Crippen LogP contribution in [0.3, 0.4) is 0 Å². The average Bonchev–Trinajstić information content (AvgIpc) is 2.36. The van der Waals surface area contributed by atoms with Crippen molar-refractivity contribution >= 4 is 21.6 Å². The Hall–Kier alpha value is -0.580. The van der Waals surface area contributed by atoms with E-state index in [0.29, 0.717) is 6.54 Å². The number of sulfonamides is 1. The van der Waals surface area contributed by atoms with Crippen LogP contribution in [0.15, 0.2) is 24.3 Å². The van der Waals surface area contributed by atoms with Crippen LogP contribution in [0.2, 0.25) is 5.02 Å². The summed E-state index contributed by atoms with van der Waals surface area (Å²) >= 11 is 5.90. The van der Waals surface area contributed by atoms with Gasteiger partial charge in [-0.15, -0.1) is 0 Å². The van der Waals surface area contributed by atoms with Crippen LogP contribution in [0.5, 0.6) is 0 Å². The average molecular weight is 304 g/mol. The van der Waals surface area contributed by atoms with Gasteiger partial charge in [0.2, 0.25) is 10.0 Å². The van der Waals surface area contributed by atoms with E-state index in [-0.39, 0.29) is 5.75 Å². The quantitative estimate of drug-likeness (QED) is 0.711. The van der Waals surface area contributed by atoms with E-state index in [1.807, 2.05) is 31.2 Å². The van der Waals surface area contributed by atoms with E-state index in [4.69, 9.17) is 11.6 Å². The minimum absolute atomic E-state index is 0.234. The van der Waals surface area contributed by atoms with E-state index in [2.05, 4.69) is 4.72 Å². The molecule has 0 bridgehead atoms. The lowest BCUT2D eigenvalue weighted by Gasteiger charge is -2.06. The molecular formula is C14H22ClNO2S. The molecule has 0 aromatic heterocycles. The minimum Gasteiger partial charge on any atom is -0.215 e. The molecule has 108 valence electrons. The molecule has 0 atom stereocenters. The molecule has 0 saturated carbocycles. The summed E-state index contributed by atoms with van der Waals surface area (Å²) in [6.45, 7) is 2.51. The largest absolute Gasteiger partial charge is 0.215 e. The molecule has 1 N–H and O–H groups in total. The molecule has 3 nitrogen and oxygen atoms in total. The molecule has 0 aliphatic rings. The standard InChI is InChI=1S/C14H22ClNO2S/c1-2-3-11-19(17,18)16-10-5-4-7-13-8-6-9-14(15)12-13/h6,8-9,12,16H,2-5,7,10-11H2,1H3. The number of hydrogen-bond acceptors (Lipinski definition) is 2. The molecular weight excluding hydrogens is 282 g/mol. The maximum atomic E-state index is 11.5. The van der Waals surface area contributed by atoms with Crippen LogP contribution in [0.4, 0.5) is 0 Å². The van der Waals surface area contributed by atoms with Crippen molar-refractivity contribution in [3.05, 3.63) is 34.9 Å². The first kappa shape index (κ1) is 16.5. The first-order valence-electron chi connectivity index (χ1n) is 6.75. The van der Waals surface area contributed by atoms with Crippen molar-refractivity contribution < 1.29 is 8.42 Å². The summed E-state index contributed by atoms with van der Waals surface area (Å²) in [7, 11) is -3.07. The number of rotatable bonds is 9. The number of aryl methyl sites for hydroxylation is 1. The van der Waals surface area contributed by atoms with Gasteiger partial charge in [0.1, 0.15) is 0 Å². The Labute approximate surface area is 121 Å². The van der Waals surface area contributed by atoms with Crippen molar-refractivity contribution in [2.24, 2.45) is 0 Å². The normalized spacial score (nSPS) is 11.7. The summed E-state index contributed by atoms with van der Waals surface area (Å²) in [6.07, 6.45) is 4.35. The van der Waals surface area contributed by atoms with E-state index in [9.17, 15) is 8.42 Å². The molecule has 19 heavy (non-hydrogen) atoms. The third-order valence-corrected chi connectivity index (χ3v) is 4.58. The third kappa shape index (κ3) is 7.55. The molecule has 0 spiro atoms. The zero-order chi connectivity index (χ0) is 14.1. The highest BCUT2D eigenvalue weighted by atomic mass is 35.5. The maximum Gasteiger partial charge on any atom is 0.211 e. The molecule has 1 aromatic rings. The molecule has 0 aliphatic carbocycles. The maximum absolute atomic E-state index is 11.5. The molecule has 0 heterocycles. The summed E-state index contributed by atoms with van der Waals surface area (Å²) in [6, 6.07) is 7.78. The van der Waals surface area contributed by atoms with Crippen molar-refractivity contribution in [2.45, 2.75) is 39.0 Å². The van der Waals surface area contributed by atoms with Crippen molar-refractivity contribution in [2.75, 3.05) is 12.3 Å². The first-order valence-corrected chi connectivity index (χ1v) is 8.78. The van der Waals surface area contributed by atoms with E-state index >= 15 is 0 Å². The van der Waals surface area contributed by atoms with Gasteiger partial charge >= 0.3 is 0 Å². The summed E-state index contributed by atoms with van der Waals surface area (Å²) < 4.78 is 25.7.